The predicted molar refractivity (Wildman–Crippen MR) is 66.5 cm³/mol. The monoisotopic (exact) mass is 286 g/mol. The fraction of sp³-hybridized carbons (Fsp3) is 0.538. The van der Waals surface area contributed by atoms with Gasteiger partial charge in [-0.25, -0.2) is 4.39 Å². The Balaban J connectivity index is 2.21. The van der Waals surface area contributed by atoms with E-state index in [0.717, 1.165) is 42.5 Å². The molecule has 0 saturated carbocycles. The molecule has 1 atom stereocenters. The zero-order valence-electron chi connectivity index (χ0n) is 9.43. The Bertz CT molecular complexity index is 372. The van der Waals surface area contributed by atoms with E-state index in [2.05, 4.69) is 15.9 Å². The molecule has 0 N–H and O–H groups in total. The molecule has 1 heterocycles. The summed E-state index contributed by atoms with van der Waals surface area (Å²) in [5.74, 6) is -0.149. The van der Waals surface area contributed by atoms with E-state index in [9.17, 15) is 4.39 Å². The molecule has 0 spiro atoms. The smallest absolute Gasteiger partial charge is 0.123 e. The van der Waals surface area contributed by atoms with Gasteiger partial charge in [-0.3, -0.25) is 0 Å². The second-order valence-corrected chi connectivity index (χ2v) is 5.24. The minimum Gasteiger partial charge on any atom is -0.381 e. The summed E-state index contributed by atoms with van der Waals surface area (Å²) in [6.07, 6.45) is 1.94. The minimum absolute atomic E-state index is 0.149. The third kappa shape index (κ3) is 2.46. The molecule has 1 aliphatic heterocycles. The lowest BCUT2D eigenvalue weighted by atomic mass is 9.82. The van der Waals surface area contributed by atoms with E-state index in [1.165, 1.54) is 6.07 Å². The number of hydrogen-bond acceptors (Lipinski definition) is 1. The topological polar surface area (TPSA) is 9.23 Å². The minimum atomic E-state index is -0.149. The lowest BCUT2D eigenvalue weighted by molar-refractivity contribution is 0.162. The van der Waals surface area contributed by atoms with Crippen LogP contribution in [0.4, 0.5) is 4.39 Å². The summed E-state index contributed by atoms with van der Waals surface area (Å²) in [5, 5.41) is 0.913. The maximum atomic E-state index is 13.2. The summed E-state index contributed by atoms with van der Waals surface area (Å²) in [5.41, 5.74) is 2.41. The molecular formula is C13H16BrFO. The molecule has 2 rings (SSSR count). The van der Waals surface area contributed by atoms with Gasteiger partial charge in [0.2, 0.25) is 0 Å². The van der Waals surface area contributed by atoms with Crippen LogP contribution in [0.3, 0.4) is 0 Å². The number of benzene rings is 1. The number of aryl methyl sites for hydroxylation is 1. The maximum absolute atomic E-state index is 13.2. The fourth-order valence-electron chi connectivity index (χ4n) is 2.18. The molecule has 1 fully saturated rings. The van der Waals surface area contributed by atoms with Crippen molar-refractivity contribution in [2.24, 2.45) is 5.41 Å². The van der Waals surface area contributed by atoms with Crippen molar-refractivity contribution in [1.29, 1.82) is 0 Å². The van der Waals surface area contributed by atoms with Gasteiger partial charge >= 0.3 is 0 Å². The third-order valence-corrected chi connectivity index (χ3v) is 4.53. The van der Waals surface area contributed by atoms with Crippen LogP contribution in [0.15, 0.2) is 18.2 Å². The summed E-state index contributed by atoms with van der Waals surface area (Å²) in [6.45, 7) is 3.63. The van der Waals surface area contributed by atoms with Crippen molar-refractivity contribution in [3.05, 3.63) is 35.1 Å². The molecule has 1 aromatic rings. The van der Waals surface area contributed by atoms with Gasteiger partial charge in [0.05, 0.1) is 6.61 Å². The molecule has 1 unspecified atom stereocenters. The van der Waals surface area contributed by atoms with E-state index in [0.29, 0.717) is 0 Å². The standard InChI is InChI=1S/C13H16BrFO/c1-10-2-3-12(15)6-11(10)7-13(8-14)4-5-16-9-13/h2-3,6H,4-5,7-9H2,1H3. The molecule has 0 aliphatic carbocycles. The fourth-order valence-corrected chi connectivity index (χ4v) is 2.82. The van der Waals surface area contributed by atoms with E-state index in [-0.39, 0.29) is 11.2 Å². The molecule has 88 valence electrons. The SMILES string of the molecule is Cc1ccc(F)cc1CC1(CBr)CCOC1. The molecule has 1 saturated heterocycles. The number of alkyl halides is 1. The second kappa shape index (κ2) is 4.84. The molecule has 1 aromatic carbocycles. The van der Waals surface area contributed by atoms with Crippen LogP contribution in [-0.2, 0) is 11.2 Å². The highest BCUT2D eigenvalue weighted by atomic mass is 79.9. The Morgan fingerprint density at radius 1 is 1.50 bits per heavy atom. The van der Waals surface area contributed by atoms with Crippen molar-refractivity contribution >= 4 is 15.9 Å². The number of halogens is 2. The quantitative estimate of drug-likeness (QED) is 0.773. The van der Waals surface area contributed by atoms with Crippen LogP contribution in [0.2, 0.25) is 0 Å². The Morgan fingerprint density at radius 2 is 2.31 bits per heavy atom. The molecule has 1 aliphatic rings. The van der Waals surface area contributed by atoms with Gasteiger partial charge < -0.3 is 4.74 Å². The van der Waals surface area contributed by atoms with Gasteiger partial charge in [0, 0.05) is 17.4 Å². The molecular weight excluding hydrogens is 271 g/mol. The van der Waals surface area contributed by atoms with Gasteiger partial charge in [0.1, 0.15) is 5.82 Å². The van der Waals surface area contributed by atoms with Crippen molar-refractivity contribution in [2.45, 2.75) is 19.8 Å². The summed E-state index contributed by atoms with van der Waals surface area (Å²) >= 11 is 3.56. The van der Waals surface area contributed by atoms with Crippen LogP contribution in [0.25, 0.3) is 0 Å². The Kier molecular flexibility index (Phi) is 3.65. The molecule has 1 nitrogen and oxygen atoms in total. The van der Waals surface area contributed by atoms with Gasteiger partial charge in [-0.1, -0.05) is 22.0 Å². The lowest BCUT2D eigenvalue weighted by Gasteiger charge is -2.25. The normalized spacial score (nSPS) is 24.9. The van der Waals surface area contributed by atoms with Crippen molar-refractivity contribution in [3.63, 3.8) is 0 Å². The van der Waals surface area contributed by atoms with E-state index in [1.54, 1.807) is 6.07 Å². The summed E-state index contributed by atoms with van der Waals surface area (Å²) in [7, 11) is 0. The highest BCUT2D eigenvalue weighted by molar-refractivity contribution is 9.09. The maximum Gasteiger partial charge on any atom is 0.123 e. The van der Waals surface area contributed by atoms with Crippen molar-refractivity contribution in [2.75, 3.05) is 18.5 Å². The molecule has 0 aromatic heterocycles. The summed E-state index contributed by atoms with van der Waals surface area (Å²) < 4.78 is 18.7. The van der Waals surface area contributed by atoms with Gasteiger partial charge in [-0.15, -0.1) is 0 Å². The first-order chi connectivity index (χ1) is 7.65. The van der Waals surface area contributed by atoms with Gasteiger partial charge in [0.15, 0.2) is 0 Å². The van der Waals surface area contributed by atoms with Gasteiger partial charge in [-0.2, -0.15) is 0 Å². The number of hydrogen-bond donors (Lipinski definition) is 0. The van der Waals surface area contributed by atoms with E-state index in [4.69, 9.17) is 4.74 Å². The average molecular weight is 287 g/mol. The average Bonchev–Trinajstić information content (AvgIpc) is 2.73. The molecule has 0 amide bonds. The largest absolute Gasteiger partial charge is 0.381 e. The second-order valence-electron chi connectivity index (χ2n) is 4.68. The number of ether oxygens (including phenoxy) is 1. The number of rotatable bonds is 3. The van der Waals surface area contributed by atoms with E-state index >= 15 is 0 Å². The summed E-state index contributed by atoms with van der Waals surface area (Å²) in [4.78, 5) is 0. The third-order valence-electron chi connectivity index (χ3n) is 3.35. The summed E-state index contributed by atoms with van der Waals surface area (Å²) in [6, 6.07) is 5.02. The lowest BCUT2D eigenvalue weighted by Crippen LogP contribution is -2.26. The molecule has 16 heavy (non-hydrogen) atoms. The Morgan fingerprint density at radius 3 is 2.94 bits per heavy atom. The van der Waals surface area contributed by atoms with Gasteiger partial charge in [-0.05, 0) is 43.0 Å². The van der Waals surface area contributed by atoms with Crippen LogP contribution in [0.5, 0.6) is 0 Å². The first kappa shape index (κ1) is 12.1. The van der Waals surface area contributed by atoms with Crippen molar-refractivity contribution < 1.29 is 9.13 Å². The Hall–Kier alpha value is -0.410. The van der Waals surface area contributed by atoms with Crippen LogP contribution < -0.4 is 0 Å². The first-order valence-electron chi connectivity index (χ1n) is 5.54. The van der Waals surface area contributed by atoms with Crippen LogP contribution >= 0.6 is 15.9 Å². The van der Waals surface area contributed by atoms with Gasteiger partial charge in [0.25, 0.3) is 0 Å². The van der Waals surface area contributed by atoms with Crippen LogP contribution in [-0.4, -0.2) is 18.5 Å². The predicted octanol–water partition coefficient (Wildman–Crippen LogP) is 3.48. The van der Waals surface area contributed by atoms with E-state index < -0.39 is 0 Å². The molecule has 3 heteroatoms. The molecule has 0 radical (unpaired) electrons. The van der Waals surface area contributed by atoms with Crippen LogP contribution in [0, 0.1) is 18.2 Å². The van der Waals surface area contributed by atoms with E-state index in [1.807, 2.05) is 13.0 Å². The first-order valence-corrected chi connectivity index (χ1v) is 6.66. The van der Waals surface area contributed by atoms with Crippen molar-refractivity contribution in [3.8, 4) is 0 Å². The zero-order chi connectivity index (χ0) is 11.6. The Labute approximate surface area is 104 Å². The zero-order valence-corrected chi connectivity index (χ0v) is 11.0. The van der Waals surface area contributed by atoms with Crippen molar-refractivity contribution in [1.82, 2.24) is 0 Å². The molecule has 0 bridgehead atoms. The highest BCUT2D eigenvalue weighted by Gasteiger charge is 2.34. The highest BCUT2D eigenvalue weighted by Crippen LogP contribution is 2.35. The van der Waals surface area contributed by atoms with Crippen LogP contribution in [0.1, 0.15) is 17.5 Å².